The van der Waals surface area contributed by atoms with Crippen LogP contribution in [0.5, 0.6) is 0 Å². The molecule has 1 fully saturated rings. The molecule has 1 aromatic carbocycles. The van der Waals surface area contributed by atoms with Gasteiger partial charge in [-0.2, -0.15) is 0 Å². The first-order valence-corrected chi connectivity index (χ1v) is 9.36. The van der Waals surface area contributed by atoms with E-state index in [4.69, 9.17) is 16.0 Å². The molecule has 144 valence electrons. The lowest BCUT2D eigenvalue weighted by Gasteiger charge is -2.35. The topological polar surface area (TPSA) is 57.0 Å². The summed E-state index contributed by atoms with van der Waals surface area (Å²) in [5, 5.41) is 0.615. The monoisotopic (exact) mass is 389 g/mol. The summed E-state index contributed by atoms with van der Waals surface area (Å²) in [4.78, 5) is 30.5. The third-order valence-corrected chi connectivity index (χ3v) is 4.98. The van der Waals surface area contributed by atoms with Crippen LogP contribution in [0.15, 0.2) is 40.8 Å². The van der Waals surface area contributed by atoms with Gasteiger partial charge in [0.2, 0.25) is 5.91 Å². The molecule has 0 atom stereocenters. The number of rotatable bonds is 5. The lowest BCUT2D eigenvalue weighted by atomic mass is 10.2. The molecular formula is C20H24ClN3O3. The van der Waals surface area contributed by atoms with Gasteiger partial charge in [0.1, 0.15) is 11.5 Å². The minimum Gasteiger partial charge on any atom is -0.464 e. The third-order valence-electron chi connectivity index (χ3n) is 4.72. The summed E-state index contributed by atoms with van der Waals surface area (Å²) in [7, 11) is 1.78. The molecule has 0 radical (unpaired) electrons. The molecule has 0 bridgehead atoms. The number of hydrogen-bond donors (Lipinski definition) is 0. The molecule has 1 aliphatic heterocycles. The molecule has 0 N–H and O–H groups in total. The zero-order valence-corrected chi connectivity index (χ0v) is 16.4. The summed E-state index contributed by atoms with van der Waals surface area (Å²) in [5.41, 5.74) is 0.636. The Labute approximate surface area is 164 Å². The average molecular weight is 390 g/mol. The minimum absolute atomic E-state index is 0.00273. The SMILES string of the molecule is Cc1ccc(CN(C)C(=O)CN2CCN(C(=O)c3ccc(Cl)cc3)CC2)o1. The van der Waals surface area contributed by atoms with E-state index in [9.17, 15) is 9.59 Å². The molecule has 7 heteroatoms. The van der Waals surface area contributed by atoms with E-state index < -0.39 is 0 Å². The number of aryl methyl sites for hydroxylation is 1. The molecule has 2 aromatic rings. The fourth-order valence-electron chi connectivity index (χ4n) is 3.09. The standard InChI is InChI=1S/C20H24ClN3O3/c1-15-3-8-18(27-15)13-22(2)19(25)14-23-9-11-24(12-10-23)20(26)16-4-6-17(21)7-5-16/h3-8H,9-14H2,1-2H3. The highest BCUT2D eigenvalue weighted by Gasteiger charge is 2.24. The van der Waals surface area contributed by atoms with Crippen molar-refractivity contribution in [2.24, 2.45) is 0 Å². The second-order valence-electron chi connectivity index (χ2n) is 6.84. The second kappa shape index (κ2) is 8.59. The fraction of sp³-hybridized carbons (Fsp3) is 0.400. The highest BCUT2D eigenvalue weighted by Crippen LogP contribution is 2.14. The highest BCUT2D eigenvalue weighted by atomic mass is 35.5. The molecule has 6 nitrogen and oxygen atoms in total. The van der Waals surface area contributed by atoms with Crippen LogP contribution in [0, 0.1) is 6.92 Å². The van der Waals surface area contributed by atoms with E-state index in [0.717, 1.165) is 11.5 Å². The van der Waals surface area contributed by atoms with Gasteiger partial charge in [0, 0.05) is 43.8 Å². The number of halogens is 1. The molecular weight excluding hydrogens is 366 g/mol. The van der Waals surface area contributed by atoms with Gasteiger partial charge in [-0.25, -0.2) is 0 Å². The number of carbonyl (C=O) groups is 2. The van der Waals surface area contributed by atoms with Gasteiger partial charge < -0.3 is 14.2 Å². The largest absolute Gasteiger partial charge is 0.464 e. The zero-order valence-electron chi connectivity index (χ0n) is 15.7. The Balaban J connectivity index is 1.46. The number of nitrogens with zero attached hydrogens (tertiary/aromatic N) is 3. The van der Waals surface area contributed by atoms with Crippen molar-refractivity contribution in [1.29, 1.82) is 0 Å². The molecule has 0 unspecified atom stereocenters. The summed E-state index contributed by atoms with van der Waals surface area (Å²) in [6.45, 7) is 5.26. The summed E-state index contributed by atoms with van der Waals surface area (Å²) in [6, 6.07) is 10.7. The fourth-order valence-corrected chi connectivity index (χ4v) is 3.21. The maximum Gasteiger partial charge on any atom is 0.253 e. The van der Waals surface area contributed by atoms with Gasteiger partial charge in [0.05, 0.1) is 13.1 Å². The predicted octanol–water partition coefficient (Wildman–Crippen LogP) is 2.66. The molecule has 2 heterocycles. The Morgan fingerprint density at radius 3 is 2.33 bits per heavy atom. The van der Waals surface area contributed by atoms with Gasteiger partial charge in [-0.05, 0) is 43.3 Å². The normalized spacial score (nSPS) is 15.0. The van der Waals surface area contributed by atoms with Gasteiger partial charge in [-0.1, -0.05) is 11.6 Å². The van der Waals surface area contributed by atoms with Crippen LogP contribution in [0.3, 0.4) is 0 Å². The van der Waals surface area contributed by atoms with Crippen LogP contribution in [-0.2, 0) is 11.3 Å². The number of benzene rings is 1. The molecule has 0 aliphatic carbocycles. The number of hydrogen-bond acceptors (Lipinski definition) is 4. The molecule has 1 aromatic heterocycles. The van der Waals surface area contributed by atoms with Crippen molar-refractivity contribution in [1.82, 2.24) is 14.7 Å². The molecule has 2 amide bonds. The Kier molecular flexibility index (Phi) is 6.19. The Morgan fingerprint density at radius 2 is 1.74 bits per heavy atom. The summed E-state index contributed by atoms with van der Waals surface area (Å²) < 4.78 is 5.52. The first kappa shape index (κ1) is 19.5. The van der Waals surface area contributed by atoms with E-state index in [1.807, 2.05) is 24.0 Å². The van der Waals surface area contributed by atoms with Crippen LogP contribution in [0.25, 0.3) is 0 Å². The van der Waals surface area contributed by atoms with E-state index in [1.165, 1.54) is 0 Å². The van der Waals surface area contributed by atoms with E-state index in [-0.39, 0.29) is 11.8 Å². The molecule has 1 saturated heterocycles. The van der Waals surface area contributed by atoms with Crippen molar-refractivity contribution in [3.8, 4) is 0 Å². The van der Waals surface area contributed by atoms with Crippen molar-refractivity contribution in [2.75, 3.05) is 39.8 Å². The summed E-state index contributed by atoms with van der Waals surface area (Å²) >= 11 is 5.87. The Hall–Kier alpha value is -2.31. The van der Waals surface area contributed by atoms with Crippen molar-refractivity contribution in [3.05, 3.63) is 58.5 Å². The van der Waals surface area contributed by atoms with Gasteiger partial charge >= 0.3 is 0 Å². The number of amides is 2. The smallest absolute Gasteiger partial charge is 0.253 e. The first-order chi connectivity index (χ1) is 12.9. The maximum atomic E-state index is 12.5. The van der Waals surface area contributed by atoms with Gasteiger partial charge in [0.25, 0.3) is 5.91 Å². The number of piperazine rings is 1. The van der Waals surface area contributed by atoms with Gasteiger partial charge in [-0.3, -0.25) is 14.5 Å². The lowest BCUT2D eigenvalue weighted by Crippen LogP contribution is -2.51. The third kappa shape index (κ3) is 5.11. The van der Waals surface area contributed by atoms with Crippen molar-refractivity contribution >= 4 is 23.4 Å². The van der Waals surface area contributed by atoms with E-state index in [0.29, 0.717) is 49.9 Å². The second-order valence-corrected chi connectivity index (χ2v) is 7.27. The number of carbonyl (C=O) groups excluding carboxylic acids is 2. The quantitative estimate of drug-likeness (QED) is 0.788. The molecule has 1 aliphatic rings. The van der Waals surface area contributed by atoms with Crippen LogP contribution in [0.1, 0.15) is 21.9 Å². The molecule has 0 saturated carbocycles. The van der Waals surface area contributed by atoms with Crippen LogP contribution < -0.4 is 0 Å². The predicted molar refractivity (Wildman–Crippen MR) is 104 cm³/mol. The van der Waals surface area contributed by atoms with Crippen molar-refractivity contribution in [2.45, 2.75) is 13.5 Å². The van der Waals surface area contributed by atoms with Crippen LogP contribution >= 0.6 is 11.6 Å². The highest BCUT2D eigenvalue weighted by molar-refractivity contribution is 6.30. The average Bonchev–Trinajstić information content (AvgIpc) is 3.07. The Bertz CT molecular complexity index is 795. The summed E-state index contributed by atoms with van der Waals surface area (Å²) in [5.74, 6) is 1.67. The minimum atomic E-state index is 0.00273. The zero-order chi connectivity index (χ0) is 19.4. The lowest BCUT2D eigenvalue weighted by molar-refractivity contribution is -0.132. The van der Waals surface area contributed by atoms with E-state index >= 15 is 0 Å². The van der Waals surface area contributed by atoms with Gasteiger partial charge in [0.15, 0.2) is 0 Å². The van der Waals surface area contributed by atoms with Crippen LogP contribution in [0.2, 0.25) is 5.02 Å². The van der Waals surface area contributed by atoms with Gasteiger partial charge in [-0.15, -0.1) is 0 Å². The van der Waals surface area contributed by atoms with E-state index in [2.05, 4.69) is 4.90 Å². The molecule has 3 rings (SSSR count). The van der Waals surface area contributed by atoms with E-state index in [1.54, 1.807) is 36.2 Å². The first-order valence-electron chi connectivity index (χ1n) is 8.99. The number of likely N-dealkylation sites (N-methyl/N-ethyl adjacent to an activating group) is 1. The molecule has 27 heavy (non-hydrogen) atoms. The maximum absolute atomic E-state index is 12.5. The van der Waals surface area contributed by atoms with Crippen LogP contribution in [0.4, 0.5) is 0 Å². The van der Waals surface area contributed by atoms with Crippen molar-refractivity contribution in [3.63, 3.8) is 0 Å². The Morgan fingerprint density at radius 1 is 1.07 bits per heavy atom. The molecule has 0 spiro atoms. The summed E-state index contributed by atoms with van der Waals surface area (Å²) in [6.07, 6.45) is 0. The van der Waals surface area contributed by atoms with Crippen LogP contribution in [-0.4, -0.2) is 66.3 Å². The van der Waals surface area contributed by atoms with Crippen molar-refractivity contribution < 1.29 is 14.0 Å². The number of furan rings is 1.